The lowest BCUT2D eigenvalue weighted by atomic mass is 10.00. The molecule has 1 aromatic rings. The van der Waals surface area contributed by atoms with Gasteiger partial charge in [0.2, 0.25) is 59.1 Å². The summed E-state index contributed by atoms with van der Waals surface area (Å²) in [5.74, 6) is -9.28. The fourth-order valence-corrected chi connectivity index (χ4v) is 8.43. The van der Waals surface area contributed by atoms with E-state index >= 15 is 0 Å². The van der Waals surface area contributed by atoms with Gasteiger partial charge >= 0.3 is 0 Å². The number of rotatable bonds is 26. The van der Waals surface area contributed by atoms with Gasteiger partial charge in [0.05, 0.1) is 18.8 Å². The molecule has 1 fully saturated rings. The van der Waals surface area contributed by atoms with Crippen LogP contribution in [0.4, 0.5) is 0 Å². The zero-order valence-corrected chi connectivity index (χ0v) is 45.9. The van der Waals surface area contributed by atoms with Crippen LogP contribution < -0.4 is 70.4 Å². The van der Waals surface area contributed by atoms with Crippen molar-refractivity contribution in [2.45, 2.75) is 191 Å². The highest BCUT2D eigenvalue weighted by atomic mass is 16.3. The van der Waals surface area contributed by atoms with Crippen molar-refractivity contribution in [2.24, 2.45) is 23.1 Å². The van der Waals surface area contributed by atoms with Crippen LogP contribution in [0.1, 0.15) is 124 Å². The van der Waals surface area contributed by atoms with E-state index in [-0.39, 0.29) is 64.1 Å². The molecule has 0 aliphatic carbocycles. The van der Waals surface area contributed by atoms with Crippen molar-refractivity contribution in [1.82, 2.24) is 53.2 Å². The van der Waals surface area contributed by atoms with Crippen LogP contribution >= 0.6 is 0 Å². The maximum atomic E-state index is 14.3. The molecule has 1 saturated heterocycles. The lowest BCUT2D eigenvalue weighted by Crippen LogP contribution is -2.61. The Labute approximate surface area is 457 Å². The predicted octanol–water partition coefficient (Wildman–Crippen LogP) is -3.90. The normalized spacial score (nSPS) is 23.1. The van der Waals surface area contributed by atoms with Gasteiger partial charge in [0.15, 0.2) is 0 Å². The Balaban J connectivity index is 2.63. The Hall–Kier alpha value is -6.32. The highest BCUT2D eigenvalue weighted by Crippen LogP contribution is 2.12. The molecular formula is C52H89N13O13. The summed E-state index contributed by atoms with van der Waals surface area (Å²) in [6.07, 6.45) is 2.59. The van der Waals surface area contributed by atoms with E-state index in [1.807, 2.05) is 0 Å². The van der Waals surface area contributed by atoms with Crippen LogP contribution in [0.2, 0.25) is 0 Å². The summed E-state index contributed by atoms with van der Waals surface area (Å²) < 4.78 is 0. The van der Waals surface area contributed by atoms with Crippen molar-refractivity contribution >= 4 is 59.1 Å². The summed E-state index contributed by atoms with van der Waals surface area (Å²) in [5.41, 5.74) is 18.2. The fourth-order valence-electron chi connectivity index (χ4n) is 8.43. The van der Waals surface area contributed by atoms with Gasteiger partial charge in [0.1, 0.15) is 54.4 Å². The minimum Gasteiger partial charge on any atom is -0.394 e. The molecule has 0 aromatic heterocycles. The smallest absolute Gasteiger partial charge is 0.245 e. The largest absolute Gasteiger partial charge is 0.394 e. The maximum absolute atomic E-state index is 14.3. The molecule has 0 spiro atoms. The summed E-state index contributed by atoms with van der Waals surface area (Å²) >= 11 is 0. The van der Waals surface area contributed by atoms with E-state index in [4.69, 9.17) is 17.2 Å². The molecule has 0 saturated carbocycles. The molecule has 0 unspecified atom stereocenters. The molecule has 78 heavy (non-hydrogen) atoms. The Morgan fingerprint density at radius 1 is 0.615 bits per heavy atom. The number of nitrogens with two attached hydrogens (primary N) is 3. The minimum atomic E-state index is -1.79. The second kappa shape index (κ2) is 36.7. The van der Waals surface area contributed by atoms with Crippen LogP contribution in [0.5, 0.6) is 0 Å². The number of aliphatic hydroxyl groups excluding tert-OH is 3. The standard InChI is InChI=1S/C52H89N13O13/c1-6-7-8-9-10-11-15-18-41(69)64-43(32(5)68)52(78)63-40(29-66)50(76)60-37-22-26-56-51(77)42(31(4)67)65-47(73)36(21-25-55)58-44(70)34(19-23-53)59-48(74)38(27-30(2)3)61-49(75)39(28-33-16-13-12-14-17-33)62-45(71)35(20-24-54)57-46(37)72/h12-14,16-17,30-32,34-40,42-43,66-68H,6-11,15,18-29,53-55H2,1-5H3,(H,56,77)(H,57,72)(H,58,70)(H,59,74)(H,60,76)(H,61,75)(H,62,71)(H,63,78)(H,64,69)(H,65,73)/t31-,32-,34+,35+,36+,37+,38+,39+,40-,42+,43+/m1/s1. The average Bonchev–Trinajstić information content (AvgIpc) is 3.38. The summed E-state index contributed by atoms with van der Waals surface area (Å²) in [5, 5.41) is 56.7. The van der Waals surface area contributed by atoms with Crippen LogP contribution in [0.25, 0.3) is 0 Å². The molecule has 440 valence electrons. The number of carbonyl (C=O) groups excluding carboxylic acids is 10. The SMILES string of the molecule is CCCCCCCCCC(=O)N[C@H](C(=O)N[C@H](CO)C(=O)N[C@H]1CCNC(=O)[C@H]([C@@H](C)O)NC(=O)[C@H](CCN)NC(=O)[C@H](CCN)NC(=O)[C@H](CC(C)C)NC(=O)[C@H](Cc2ccccc2)NC(=O)[C@H](CCN)NC1=O)[C@@H](C)O. The molecule has 11 atom stereocenters. The number of nitrogens with one attached hydrogen (secondary N) is 10. The number of carbonyl (C=O) groups is 10. The first-order chi connectivity index (χ1) is 37.1. The second-order valence-electron chi connectivity index (χ2n) is 20.1. The number of aliphatic hydroxyl groups is 3. The Bertz CT molecular complexity index is 2080. The number of hydrogen-bond donors (Lipinski definition) is 16. The second-order valence-corrected chi connectivity index (χ2v) is 20.1. The third kappa shape index (κ3) is 24.6. The van der Waals surface area contributed by atoms with E-state index in [0.29, 0.717) is 12.0 Å². The van der Waals surface area contributed by atoms with Crippen LogP contribution in [-0.4, -0.2) is 174 Å². The number of amides is 10. The Morgan fingerprint density at radius 2 is 1.10 bits per heavy atom. The number of unbranched alkanes of at least 4 members (excludes halogenated alkanes) is 6. The van der Waals surface area contributed by atoms with Crippen LogP contribution in [0.3, 0.4) is 0 Å². The minimum absolute atomic E-state index is 0.0540. The summed E-state index contributed by atoms with van der Waals surface area (Å²) in [4.78, 5) is 139. The lowest BCUT2D eigenvalue weighted by molar-refractivity contribution is -0.137. The van der Waals surface area contributed by atoms with Crippen LogP contribution in [0.15, 0.2) is 30.3 Å². The third-order valence-electron chi connectivity index (χ3n) is 12.9. The van der Waals surface area contributed by atoms with Crippen molar-refractivity contribution in [2.75, 3.05) is 32.8 Å². The molecule has 26 nitrogen and oxygen atoms in total. The molecule has 10 amide bonds. The van der Waals surface area contributed by atoms with Crippen molar-refractivity contribution in [1.29, 1.82) is 0 Å². The first kappa shape index (κ1) is 67.8. The molecule has 1 aliphatic heterocycles. The van der Waals surface area contributed by atoms with Gasteiger partial charge in [-0.3, -0.25) is 47.9 Å². The lowest BCUT2D eigenvalue weighted by Gasteiger charge is -2.28. The van der Waals surface area contributed by atoms with Crippen molar-refractivity contribution in [3.63, 3.8) is 0 Å². The highest BCUT2D eigenvalue weighted by Gasteiger charge is 2.37. The first-order valence-corrected chi connectivity index (χ1v) is 27.2. The van der Waals surface area contributed by atoms with E-state index in [2.05, 4.69) is 60.1 Å². The summed E-state index contributed by atoms with van der Waals surface area (Å²) in [7, 11) is 0. The molecular weight excluding hydrogens is 1010 g/mol. The number of benzene rings is 1. The molecule has 1 heterocycles. The van der Waals surface area contributed by atoms with Gasteiger partial charge in [0, 0.05) is 19.4 Å². The summed E-state index contributed by atoms with van der Waals surface area (Å²) in [6, 6.07) is -5.06. The molecule has 0 bridgehead atoms. The van der Waals surface area contributed by atoms with Crippen molar-refractivity contribution in [3.05, 3.63) is 35.9 Å². The molecule has 1 aromatic carbocycles. The third-order valence-corrected chi connectivity index (χ3v) is 12.9. The molecule has 26 heteroatoms. The molecule has 0 radical (unpaired) electrons. The van der Waals surface area contributed by atoms with Crippen molar-refractivity contribution < 1.29 is 63.3 Å². The van der Waals surface area contributed by atoms with E-state index < -0.39 is 145 Å². The van der Waals surface area contributed by atoms with Gasteiger partial charge in [-0.2, -0.15) is 0 Å². The molecule has 1 aliphatic rings. The van der Waals surface area contributed by atoms with E-state index in [1.165, 1.54) is 13.8 Å². The van der Waals surface area contributed by atoms with E-state index in [1.54, 1.807) is 44.2 Å². The zero-order chi connectivity index (χ0) is 58.3. The van der Waals surface area contributed by atoms with E-state index in [0.717, 1.165) is 38.5 Å². The Morgan fingerprint density at radius 3 is 1.62 bits per heavy atom. The number of hydrogen-bond acceptors (Lipinski definition) is 16. The maximum Gasteiger partial charge on any atom is 0.245 e. The fraction of sp³-hybridized carbons (Fsp3) is 0.692. The zero-order valence-electron chi connectivity index (χ0n) is 45.9. The first-order valence-electron chi connectivity index (χ1n) is 27.2. The van der Waals surface area contributed by atoms with Gasteiger partial charge < -0.3 is 85.7 Å². The predicted molar refractivity (Wildman–Crippen MR) is 289 cm³/mol. The van der Waals surface area contributed by atoms with E-state index in [9.17, 15) is 63.3 Å². The summed E-state index contributed by atoms with van der Waals surface area (Å²) in [6.45, 7) is 6.20. The quantitative estimate of drug-likeness (QED) is 0.0394. The monoisotopic (exact) mass is 1100 g/mol. The van der Waals surface area contributed by atoms with Gasteiger partial charge in [-0.1, -0.05) is 89.6 Å². The van der Waals surface area contributed by atoms with Gasteiger partial charge in [0.25, 0.3) is 0 Å². The molecule has 2 rings (SSSR count). The van der Waals surface area contributed by atoms with Crippen molar-refractivity contribution in [3.8, 4) is 0 Å². The Kier molecular flexibility index (Phi) is 31.9. The van der Waals surface area contributed by atoms with Gasteiger partial charge in [-0.25, -0.2) is 0 Å². The van der Waals surface area contributed by atoms with Gasteiger partial charge in [-0.05, 0) is 83.5 Å². The van der Waals surface area contributed by atoms with Gasteiger partial charge in [-0.15, -0.1) is 0 Å². The molecule has 19 N–H and O–H groups in total. The van der Waals surface area contributed by atoms with Crippen LogP contribution in [-0.2, 0) is 54.4 Å². The topological polar surface area (TPSA) is 430 Å². The average molecular weight is 1100 g/mol. The highest BCUT2D eigenvalue weighted by molar-refractivity contribution is 5.99. The van der Waals surface area contributed by atoms with Crippen LogP contribution in [0, 0.1) is 5.92 Å².